The molecule has 1 aromatic rings. The van der Waals surface area contributed by atoms with E-state index < -0.39 is 0 Å². The van der Waals surface area contributed by atoms with Crippen molar-refractivity contribution < 1.29 is 5.11 Å². The molecular weight excluding hydrogens is 226 g/mol. The van der Waals surface area contributed by atoms with E-state index in [1.165, 1.54) is 12.8 Å². The summed E-state index contributed by atoms with van der Waals surface area (Å²) >= 11 is 0. The van der Waals surface area contributed by atoms with Crippen molar-refractivity contribution in [3.05, 3.63) is 24.4 Å². The van der Waals surface area contributed by atoms with Gasteiger partial charge in [0.1, 0.15) is 5.03 Å². The zero-order valence-electron chi connectivity index (χ0n) is 8.50. The van der Waals surface area contributed by atoms with Gasteiger partial charge in [0.25, 0.3) is 0 Å². The highest BCUT2D eigenvalue weighted by Gasteiger charge is 2.23. The quantitative estimate of drug-likeness (QED) is 0.824. The minimum Gasteiger partial charge on any atom is -0.392 e. The molecule has 2 atom stereocenters. The number of pyridine rings is 1. The third kappa shape index (κ3) is 3.40. The Labute approximate surface area is 98.3 Å². The van der Waals surface area contributed by atoms with E-state index >= 15 is 0 Å². The maximum absolute atomic E-state index is 9.79. The predicted octanol–water partition coefficient (Wildman–Crippen LogP) is 3.13. The summed E-state index contributed by atoms with van der Waals surface area (Å²) in [6, 6.07) is 5.92. The molecule has 1 saturated carbocycles. The van der Waals surface area contributed by atoms with Crippen LogP contribution < -0.4 is 0 Å². The van der Waals surface area contributed by atoms with Crippen molar-refractivity contribution in [3.8, 4) is 0 Å². The summed E-state index contributed by atoms with van der Waals surface area (Å²) in [5, 5.41) is 11.2. The number of hydrogen-bond donors (Lipinski definition) is 1. The van der Waals surface area contributed by atoms with Gasteiger partial charge in [-0.05, 0) is 35.8 Å². The molecule has 0 saturated heterocycles. The lowest BCUT2D eigenvalue weighted by Gasteiger charge is -2.26. The van der Waals surface area contributed by atoms with Crippen molar-refractivity contribution in [2.75, 3.05) is 0 Å². The fraction of sp³-hybridized carbons (Fsp3) is 0.545. The van der Waals surface area contributed by atoms with Gasteiger partial charge in [-0.15, -0.1) is 0 Å². The third-order valence-electron chi connectivity index (χ3n) is 2.56. The summed E-state index contributed by atoms with van der Waals surface area (Å²) in [6.45, 7) is 0. The summed E-state index contributed by atoms with van der Waals surface area (Å²) in [5.74, 6) is 0. The fourth-order valence-electron chi connectivity index (χ4n) is 1.70. The predicted molar refractivity (Wildman–Crippen MR) is 65.9 cm³/mol. The highest BCUT2D eigenvalue weighted by molar-refractivity contribution is 8.76. The van der Waals surface area contributed by atoms with Crippen molar-refractivity contribution in [3.63, 3.8) is 0 Å². The Balaban J connectivity index is 1.82. The van der Waals surface area contributed by atoms with Crippen molar-refractivity contribution in [2.24, 2.45) is 0 Å². The summed E-state index contributed by atoms with van der Waals surface area (Å²) in [6.07, 6.45) is 6.19. The van der Waals surface area contributed by atoms with E-state index in [1.807, 2.05) is 18.2 Å². The van der Waals surface area contributed by atoms with Gasteiger partial charge in [-0.3, -0.25) is 0 Å². The number of rotatable bonds is 3. The van der Waals surface area contributed by atoms with E-state index in [1.54, 1.807) is 27.8 Å². The molecule has 0 aliphatic heterocycles. The Bertz CT molecular complexity index is 294. The van der Waals surface area contributed by atoms with Crippen LogP contribution in [0.2, 0.25) is 0 Å². The summed E-state index contributed by atoms with van der Waals surface area (Å²) in [5.41, 5.74) is 0. The molecule has 0 radical (unpaired) electrons. The molecule has 0 spiro atoms. The van der Waals surface area contributed by atoms with Crippen LogP contribution in [-0.4, -0.2) is 21.4 Å². The molecule has 4 heteroatoms. The molecule has 0 aromatic carbocycles. The molecular formula is C11H15NOS2. The number of nitrogens with zero attached hydrogens (tertiary/aromatic N) is 1. The minimum atomic E-state index is -0.125. The zero-order chi connectivity index (χ0) is 10.5. The van der Waals surface area contributed by atoms with Gasteiger partial charge in [0.05, 0.1) is 6.10 Å². The largest absolute Gasteiger partial charge is 0.392 e. The highest BCUT2D eigenvalue weighted by atomic mass is 33.1. The van der Waals surface area contributed by atoms with Gasteiger partial charge in [-0.25, -0.2) is 4.98 Å². The second-order valence-electron chi connectivity index (χ2n) is 3.74. The molecule has 2 unspecified atom stereocenters. The van der Waals surface area contributed by atoms with E-state index in [0.717, 1.165) is 17.9 Å². The molecule has 1 aliphatic carbocycles. The van der Waals surface area contributed by atoms with Crippen LogP contribution in [0.5, 0.6) is 0 Å². The van der Waals surface area contributed by atoms with Gasteiger partial charge in [-0.1, -0.05) is 29.7 Å². The molecule has 82 valence electrons. The van der Waals surface area contributed by atoms with Crippen LogP contribution in [0.1, 0.15) is 25.7 Å². The average Bonchev–Trinajstić information content (AvgIpc) is 2.29. The van der Waals surface area contributed by atoms with Gasteiger partial charge in [0.15, 0.2) is 0 Å². The monoisotopic (exact) mass is 241 g/mol. The minimum absolute atomic E-state index is 0.125. The van der Waals surface area contributed by atoms with E-state index in [-0.39, 0.29) is 6.10 Å². The SMILES string of the molecule is OC1CCCCC1SSc1ccccn1. The standard InChI is InChI=1S/C11H15NOS2/c13-9-5-1-2-6-10(9)14-15-11-7-3-4-8-12-11/h3-4,7-10,13H,1-2,5-6H2. The number of aromatic nitrogens is 1. The van der Waals surface area contributed by atoms with Gasteiger partial charge in [0, 0.05) is 11.4 Å². The molecule has 1 heterocycles. The first-order chi connectivity index (χ1) is 7.36. The Morgan fingerprint density at radius 3 is 2.87 bits per heavy atom. The number of hydrogen-bond acceptors (Lipinski definition) is 4. The van der Waals surface area contributed by atoms with Crippen LogP contribution >= 0.6 is 21.6 Å². The third-order valence-corrected chi connectivity index (χ3v) is 5.41. The molecule has 15 heavy (non-hydrogen) atoms. The molecule has 0 amide bonds. The Kier molecular flexibility index (Phi) is 4.35. The highest BCUT2D eigenvalue weighted by Crippen LogP contribution is 2.39. The van der Waals surface area contributed by atoms with Gasteiger partial charge < -0.3 is 5.11 Å². The Hall–Kier alpha value is -0.190. The van der Waals surface area contributed by atoms with Crippen LogP contribution in [0.4, 0.5) is 0 Å². The maximum atomic E-state index is 9.79. The molecule has 1 aliphatic rings. The molecule has 0 bridgehead atoms. The van der Waals surface area contributed by atoms with Crippen molar-refractivity contribution in [1.82, 2.24) is 4.98 Å². The Morgan fingerprint density at radius 1 is 1.27 bits per heavy atom. The molecule has 1 aromatic heterocycles. The number of aliphatic hydroxyl groups is 1. The lowest BCUT2D eigenvalue weighted by molar-refractivity contribution is 0.137. The summed E-state index contributed by atoms with van der Waals surface area (Å²) in [4.78, 5) is 4.25. The Morgan fingerprint density at radius 2 is 2.13 bits per heavy atom. The molecule has 2 nitrogen and oxygen atoms in total. The average molecular weight is 241 g/mol. The zero-order valence-corrected chi connectivity index (χ0v) is 10.1. The van der Waals surface area contributed by atoms with Gasteiger partial charge in [0.2, 0.25) is 0 Å². The van der Waals surface area contributed by atoms with Crippen molar-refractivity contribution >= 4 is 21.6 Å². The van der Waals surface area contributed by atoms with Crippen LogP contribution in [-0.2, 0) is 0 Å². The van der Waals surface area contributed by atoms with Crippen LogP contribution in [0, 0.1) is 0 Å². The second kappa shape index (κ2) is 5.77. The van der Waals surface area contributed by atoms with E-state index in [0.29, 0.717) is 5.25 Å². The first-order valence-electron chi connectivity index (χ1n) is 5.29. The lowest BCUT2D eigenvalue weighted by atomic mass is 9.97. The van der Waals surface area contributed by atoms with Crippen LogP contribution in [0.3, 0.4) is 0 Å². The first-order valence-corrected chi connectivity index (χ1v) is 7.50. The summed E-state index contributed by atoms with van der Waals surface area (Å²) < 4.78 is 0. The number of aliphatic hydroxyl groups excluding tert-OH is 1. The topological polar surface area (TPSA) is 33.1 Å². The fourth-order valence-corrected chi connectivity index (χ4v) is 4.32. The van der Waals surface area contributed by atoms with Crippen LogP contribution in [0.25, 0.3) is 0 Å². The second-order valence-corrected chi connectivity index (χ2v) is 6.20. The molecule has 2 rings (SSSR count). The van der Waals surface area contributed by atoms with E-state index in [9.17, 15) is 5.11 Å². The normalized spacial score (nSPS) is 26.5. The van der Waals surface area contributed by atoms with E-state index in [4.69, 9.17) is 0 Å². The molecule has 1 N–H and O–H groups in total. The van der Waals surface area contributed by atoms with Gasteiger partial charge in [-0.2, -0.15) is 0 Å². The maximum Gasteiger partial charge on any atom is 0.106 e. The lowest BCUT2D eigenvalue weighted by Crippen LogP contribution is -2.25. The van der Waals surface area contributed by atoms with Crippen molar-refractivity contribution in [2.45, 2.75) is 42.1 Å². The van der Waals surface area contributed by atoms with Crippen LogP contribution in [0.15, 0.2) is 29.4 Å². The molecule has 1 fully saturated rings. The van der Waals surface area contributed by atoms with Gasteiger partial charge >= 0.3 is 0 Å². The summed E-state index contributed by atoms with van der Waals surface area (Å²) in [7, 11) is 3.44. The van der Waals surface area contributed by atoms with E-state index in [2.05, 4.69) is 4.98 Å². The smallest absolute Gasteiger partial charge is 0.106 e. The first kappa shape index (κ1) is 11.3. The van der Waals surface area contributed by atoms with Crippen molar-refractivity contribution in [1.29, 1.82) is 0 Å².